The van der Waals surface area contributed by atoms with Gasteiger partial charge < -0.3 is 5.32 Å². The molecule has 1 aliphatic rings. The Hall–Kier alpha value is -0.0800. The van der Waals surface area contributed by atoms with Crippen LogP contribution in [-0.2, 0) is 0 Å². The standard InChI is InChI=1S/C14H30N2/c1-6-13(7-2)16-10-12(5)15-11-14(16,8-3)9-4/h12-13,15H,6-11H2,1-5H3. The van der Waals surface area contributed by atoms with Gasteiger partial charge in [-0.2, -0.15) is 0 Å². The summed E-state index contributed by atoms with van der Waals surface area (Å²) in [5.41, 5.74) is 0.406. The van der Waals surface area contributed by atoms with E-state index < -0.39 is 0 Å². The maximum atomic E-state index is 3.67. The third-order valence-electron chi connectivity index (χ3n) is 4.56. The normalized spacial score (nSPS) is 26.2. The molecule has 0 aliphatic carbocycles. The van der Waals surface area contributed by atoms with Crippen LogP contribution >= 0.6 is 0 Å². The summed E-state index contributed by atoms with van der Waals surface area (Å²) in [7, 11) is 0. The summed E-state index contributed by atoms with van der Waals surface area (Å²) in [6, 6.07) is 1.41. The van der Waals surface area contributed by atoms with Crippen LogP contribution in [0, 0.1) is 0 Å². The molecule has 0 amide bonds. The van der Waals surface area contributed by atoms with Crippen LogP contribution in [0.25, 0.3) is 0 Å². The van der Waals surface area contributed by atoms with Crippen LogP contribution in [-0.4, -0.2) is 35.6 Å². The van der Waals surface area contributed by atoms with E-state index in [1.54, 1.807) is 0 Å². The van der Waals surface area contributed by atoms with Gasteiger partial charge in [-0.1, -0.05) is 27.7 Å². The lowest BCUT2D eigenvalue weighted by Gasteiger charge is -2.52. The van der Waals surface area contributed by atoms with E-state index >= 15 is 0 Å². The molecular formula is C14H30N2. The predicted octanol–water partition coefficient (Wildman–Crippen LogP) is 3.03. The molecule has 0 bridgehead atoms. The van der Waals surface area contributed by atoms with E-state index in [1.807, 2.05) is 0 Å². The van der Waals surface area contributed by atoms with Gasteiger partial charge in [-0.15, -0.1) is 0 Å². The highest BCUT2D eigenvalue weighted by Gasteiger charge is 2.40. The van der Waals surface area contributed by atoms with Gasteiger partial charge in [0, 0.05) is 30.7 Å². The van der Waals surface area contributed by atoms with E-state index in [4.69, 9.17) is 0 Å². The minimum Gasteiger partial charge on any atom is -0.311 e. The number of piperazine rings is 1. The van der Waals surface area contributed by atoms with Crippen LogP contribution in [0.2, 0.25) is 0 Å². The van der Waals surface area contributed by atoms with Crippen molar-refractivity contribution >= 4 is 0 Å². The Labute approximate surface area is 102 Å². The van der Waals surface area contributed by atoms with Gasteiger partial charge in [0.05, 0.1) is 0 Å². The lowest BCUT2D eigenvalue weighted by Crippen LogP contribution is -2.66. The average Bonchev–Trinajstić information content (AvgIpc) is 2.32. The van der Waals surface area contributed by atoms with Gasteiger partial charge in [-0.25, -0.2) is 0 Å². The Morgan fingerprint density at radius 1 is 1.19 bits per heavy atom. The van der Waals surface area contributed by atoms with Crippen LogP contribution in [0.5, 0.6) is 0 Å². The number of hydrogen-bond acceptors (Lipinski definition) is 2. The summed E-state index contributed by atoms with van der Waals surface area (Å²) in [5.74, 6) is 0. The fourth-order valence-electron chi connectivity index (χ4n) is 3.19. The molecule has 1 rings (SSSR count). The Morgan fingerprint density at radius 3 is 2.19 bits per heavy atom. The number of rotatable bonds is 5. The zero-order valence-electron chi connectivity index (χ0n) is 11.8. The van der Waals surface area contributed by atoms with Crippen molar-refractivity contribution in [3.8, 4) is 0 Å². The van der Waals surface area contributed by atoms with Crippen LogP contribution in [0.15, 0.2) is 0 Å². The van der Waals surface area contributed by atoms with Gasteiger partial charge in [0.2, 0.25) is 0 Å². The molecule has 1 unspecified atom stereocenters. The monoisotopic (exact) mass is 226 g/mol. The molecule has 0 aromatic carbocycles. The van der Waals surface area contributed by atoms with Gasteiger partial charge in [-0.05, 0) is 32.6 Å². The zero-order valence-corrected chi connectivity index (χ0v) is 11.8. The van der Waals surface area contributed by atoms with Crippen LogP contribution in [0.3, 0.4) is 0 Å². The van der Waals surface area contributed by atoms with Crippen molar-refractivity contribution in [2.24, 2.45) is 0 Å². The van der Waals surface area contributed by atoms with Gasteiger partial charge in [0.1, 0.15) is 0 Å². The second-order valence-electron chi connectivity index (χ2n) is 5.34. The highest BCUT2D eigenvalue weighted by atomic mass is 15.3. The quantitative estimate of drug-likeness (QED) is 0.775. The zero-order chi connectivity index (χ0) is 12.2. The molecule has 96 valence electrons. The van der Waals surface area contributed by atoms with E-state index in [-0.39, 0.29) is 0 Å². The van der Waals surface area contributed by atoms with E-state index in [0.717, 1.165) is 12.6 Å². The van der Waals surface area contributed by atoms with Gasteiger partial charge >= 0.3 is 0 Å². The average molecular weight is 226 g/mol. The summed E-state index contributed by atoms with van der Waals surface area (Å²) < 4.78 is 0. The molecule has 0 aromatic rings. The summed E-state index contributed by atoms with van der Waals surface area (Å²) in [5, 5.41) is 3.67. The topological polar surface area (TPSA) is 15.3 Å². The van der Waals surface area contributed by atoms with E-state index in [9.17, 15) is 0 Å². The predicted molar refractivity (Wildman–Crippen MR) is 71.9 cm³/mol. The Kier molecular flexibility index (Phi) is 5.26. The minimum atomic E-state index is 0.406. The first-order chi connectivity index (χ1) is 7.63. The van der Waals surface area contributed by atoms with Crippen molar-refractivity contribution in [3.63, 3.8) is 0 Å². The molecule has 2 nitrogen and oxygen atoms in total. The fraction of sp³-hybridized carbons (Fsp3) is 1.00. The maximum Gasteiger partial charge on any atom is 0.0332 e. The van der Waals surface area contributed by atoms with E-state index in [1.165, 1.54) is 32.2 Å². The third-order valence-corrected chi connectivity index (χ3v) is 4.56. The highest BCUT2D eigenvalue weighted by Crippen LogP contribution is 2.30. The molecule has 0 spiro atoms. The first-order valence-electron chi connectivity index (χ1n) is 7.13. The number of nitrogens with one attached hydrogen (secondary N) is 1. The number of hydrogen-bond donors (Lipinski definition) is 1. The third kappa shape index (κ3) is 2.60. The van der Waals surface area contributed by atoms with Gasteiger partial charge in [0.25, 0.3) is 0 Å². The van der Waals surface area contributed by atoms with Gasteiger partial charge in [-0.3, -0.25) is 4.90 Å². The molecule has 1 fully saturated rings. The second-order valence-corrected chi connectivity index (χ2v) is 5.34. The highest BCUT2D eigenvalue weighted by molar-refractivity contribution is 4.98. The molecule has 16 heavy (non-hydrogen) atoms. The molecule has 1 saturated heterocycles. The van der Waals surface area contributed by atoms with E-state index in [0.29, 0.717) is 11.6 Å². The summed E-state index contributed by atoms with van der Waals surface area (Å²) in [6.07, 6.45) is 5.09. The molecule has 2 heteroatoms. The SMILES string of the molecule is CCC(CC)N1CC(C)NCC1(CC)CC. The first-order valence-corrected chi connectivity index (χ1v) is 7.13. The largest absolute Gasteiger partial charge is 0.311 e. The molecule has 0 saturated carbocycles. The molecular weight excluding hydrogens is 196 g/mol. The lowest BCUT2D eigenvalue weighted by molar-refractivity contribution is -0.00481. The Balaban J connectivity index is 2.87. The van der Waals surface area contributed by atoms with Crippen LogP contribution < -0.4 is 5.32 Å². The lowest BCUT2D eigenvalue weighted by atomic mass is 9.85. The second kappa shape index (κ2) is 6.02. The van der Waals surface area contributed by atoms with Crippen molar-refractivity contribution in [2.75, 3.05) is 13.1 Å². The van der Waals surface area contributed by atoms with Crippen molar-refractivity contribution in [1.29, 1.82) is 0 Å². The van der Waals surface area contributed by atoms with Crippen molar-refractivity contribution in [1.82, 2.24) is 10.2 Å². The maximum absolute atomic E-state index is 3.67. The molecule has 0 aromatic heterocycles. The molecule has 1 N–H and O–H groups in total. The molecule has 1 aliphatic heterocycles. The van der Waals surface area contributed by atoms with Crippen LogP contribution in [0.4, 0.5) is 0 Å². The minimum absolute atomic E-state index is 0.406. The molecule has 1 atom stereocenters. The summed E-state index contributed by atoms with van der Waals surface area (Å²) >= 11 is 0. The Bertz CT molecular complexity index is 195. The Morgan fingerprint density at radius 2 is 1.75 bits per heavy atom. The molecule has 0 radical (unpaired) electrons. The summed E-state index contributed by atoms with van der Waals surface area (Å²) in [4.78, 5) is 2.80. The smallest absolute Gasteiger partial charge is 0.0332 e. The first kappa shape index (κ1) is 14.0. The number of nitrogens with zero attached hydrogens (tertiary/aromatic N) is 1. The summed E-state index contributed by atoms with van der Waals surface area (Å²) in [6.45, 7) is 14.0. The fourth-order valence-corrected chi connectivity index (χ4v) is 3.19. The van der Waals surface area contributed by atoms with E-state index in [2.05, 4.69) is 44.8 Å². The van der Waals surface area contributed by atoms with Crippen molar-refractivity contribution < 1.29 is 0 Å². The van der Waals surface area contributed by atoms with Crippen LogP contribution in [0.1, 0.15) is 60.3 Å². The molecule has 1 heterocycles. The van der Waals surface area contributed by atoms with Crippen molar-refractivity contribution in [3.05, 3.63) is 0 Å². The van der Waals surface area contributed by atoms with Gasteiger partial charge in [0.15, 0.2) is 0 Å². The van der Waals surface area contributed by atoms with Crippen molar-refractivity contribution in [2.45, 2.75) is 77.9 Å².